The highest BCUT2D eigenvalue weighted by Gasteiger charge is 2.03. The molecule has 0 unspecified atom stereocenters. The van der Waals surface area contributed by atoms with Gasteiger partial charge in [-0.15, -0.1) is 0 Å². The normalized spacial score (nSPS) is 10.6. The highest BCUT2D eigenvalue weighted by Crippen LogP contribution is 2.25. The van der Waals surface area contributed by atoms with Crippen molar-refractivity contribution in [1.29, 1.82) is 0 Å². The Morgan fingerprint density at radius 2 is 1.28 bits per heavy atom. The van der Waals surface area contributed by atoms with Crippen LogP contribution in [0.2, 0.25) is 0 Å². The Bertz CT molecular complexity index is 613. The number of nitrogen functional groups attached to an aromatic ring is 2. The maximum absolute atomic E-state index is 6.00. The van der Waals surface area contributed by atoms with Gasteiger partial charge in [-0.3, -0.25) is 0 Å². The van der Waals surface area contributed by atoms with Gasteiger partial charge in [0.1, 0.15) is 11.5 Å². The molecule has 0 bridgehead atoms. The molecule has 0 heterocycles. The Labute approximate surface area is 151 Å². The van der Waals surface area contributed by atoms with Gasteiger partial charge >= 0.3 is 0 Å². The van der Waals surface area contributed by atoms with Gasteiger partial charge in [0.25, 0.3) is 0 Å². The summed E-state index contributed by atoms with van der Waals surface area (Å²) in [5.74, 6) is 1.69. The molecule has 0 saturated carbocycles. The third kappa shape index (κ3) is 5.89. The van der Waals surface area contributed by atoms with E-state index in [9.17, 15) is 0 Å². The fourth-order valence-electron chi connectivity index (χ4n) is 2.67. The molecule has 4 nitrogen and oxygen atoms in total. The lowest BCUT2D eigenvalue weighted by molar-refractivity contribution is 0.293. The zero-order valence-corrected chi connectivity index (χ0v) is 15.4. The first kappa shape index (κ1) is 19.0. The number of ether oxygens (including phenoxy) is 2. The quantitative estimate of drug-likeness (QED) is 0.477. The van der Waals surface area contributed by atoms with E-state index in [2.05, 4.69) is 0 Å². The average molecular weight is 342 g/mol. The van der Waals surface area contributed by atoms with Crippen LogP contribution in [0.5, 0.6) is 11.5 Å². The molecule has 2 aromatic rings. The summed E-state index contributed by atoms with van der Waals surface area (Å²) < 4.78 is 11.6. The van der Waals surface area contributed by atoms with E-state index in [0.29, 0.717) is 6.61 Å². The SMILES string of the molecule is Cc1cccc(OCCCCCCCOc2cccc(N)c2C)c1N. The summed E-state index contributed by atoms with van der Waals surface area (Å²) in [6.45, 7) is 5.44. The molecule has 4 heteroatoms. The molecule has 0 aliphatic heterocycles. The highest BCUT2D eigenvalue weighted by atomic mass is 16.5. The largest absolute Gasteiger partial charge is 0.493 e. The first-order valence-corrected chi connectivity index (χ1v) is 9.05. The van der Waals surface area contributed by atoms with Crippen molar-refractivity contribution >= 4 is 11.4 Å². The van der Waals surface area contributed by atoms with Crippen molar-refractivity contribution in [2.24, 2.45) is 0 Å². The van der Waals surface area contributed by atoms with Crippen LogP contribution in [0.25, 0.3) is 0 Å². The Balaban J connectivity index is 1.52. The van der Waals surface area contributed by atoms with E-state index in [-0.39, 0.29) is 0 Å². The van der Waals surface area contributed by atoms with Crippen molar-refractivity contribution < 1.29 is 9.47 Å². The van der Waals surface area contributed by atoms with E-state index in [1.54, 1.807) is 0 Å². The summed E-state index contributed by atoms with van der Waals surface area (Å²) in [5.41, 5.74) is 15.5. The molecule has 136 valence electrons. The van der Waals surface area contributed by atoms with Crippen LogP contribution in [0.1, 0.15) is 43.2 Å². The van der Waals surface area contributed by atoms with Crippen molar-refractivity contribution in [2.75, 3.05) is 24.7 Å². The van der Waals surface area contributed by atoms with E-state index in [0.717, 1.165) is 66.3 Å². The molecule has 2 aromatic carbocycles. The second-order valence-corrected chi connectivity index (χ2v) is 6.42. The number of unbranched alkanes of at least 4 members (excludes halogenated alkanes) is 4. The second-order valence-electron chi connectivity index (χ2n) is 6.42. The number of hydrogen-bond acceptors (Lipinski definition) is 4. The van der Waals surface area contributed by atoms with Gasteiger partial charge in [-0.2, -0.15) is 0 Å². The minimum absolute atomic E-state index is 0.715. The summed E-state index contributed by atoms with van der Waals surface area (Å²) in [7, 11) is 0. The Hall–Kier alpha value is -2.36. The van der Waals surface area contributed by atoms with E-state index in [4.69, 9.17) is 20.9 Å². The van der Waals surface area contributed by atoms with Crippen molar-refractivity contribution in [3.63, 3.8) is 0 Å². The van der Waals surface area contributed by atoms with Gasteiger partial charge in [0, 0.05) is 11.3 Å². The van der Waals surface area contributed by atoms with Gasteiger partial charge in [-0.1, -0.05) is 37.5 Å². The topological polar surface area (TPSA) is 70.5 Å². The van der Waals surface area contributed by atoms with Crippen LogP contribution < -0.4 is 20.9 Å². The lowest BCUT2D eigenvalue weighted by Crippen LogP contribution is -2.02. The molecule has 0 fully saturated rings. The summed E-state index contributed by atoms with van der Waals surface area (Å²) in [6.07, 6.45) is 5.60. The van der Waals surface area contributed by atoms with E-state index in [1.807, 2.05) is 50.2 Å². The predicted octanol–water partition coefficient (Wildman–Crippen LogP) is 4.88. The Morgan fingerprint density at radius 1 is 0.720 bits per heavy atom. The zero-order valence-electron chi connectivity index (χ0n) is 15.4. The number of benzene rings is 2. The minimum Gasteiger partial charge on any atom is -0.493 e. The lowest BCUT2D eigenvalue weighted by Gasteiger charge is -2.11. The van der Waals surface area contributed by atoms with E-state index >= 15 is 0 Å². The highest BCUT2D eigenvalue weighted by molar-refractivity contribution is 5.57. The van der Waals surface area contributed by atoms with Crippen molar-refractivity contribution in [1.82, 2.24) is 0 Å². The maximum atomic E-state index is 6.00. The molecule has 0 aliphatic carbocycles. The third-order valence-electron chi connectivity index (χ3n) is 4.41. The van der Waals surface area contributed by atoms with Crippen molar-refractivity contribution in [3.05, 3.63) is 47.5 Å². The molecule has 0 spiro atoms. The molecule has 0 aromatic heterocycles. The average Bonchev–Trinajstić information content (AvgIpc) is 2.60. The van der Waals surface area contributed by atoms with Gasteiger partial charge in [0.2, 0.25) is 0 Å². The van der Waals surface area contributed by atoms with E-state index < -0.39 is 0 Å². The number of para-hydroxylation sites is 1. The molecular formula is C21H30N2O2. The summed E-state index contributed by atoms with van der Waals surface area (Å²) in [4.78, 5) is 0. The molecule has 0 atom stereocenters. The van der Waals surface area contributed by atoms with Gasteiger partial charge in [0.15, 0.2) is 0 Å². The second kappa shape index (κ2) is 9.82. The molecule has 0 amide bonds. The first-order chi connectivity index (χ1) is 12.1. The predicted molar refractivity (Wildman–Crippen MR) is 105 cm³/mol. The monoisotopic (exact) mass is 342 g/mol. The molecule has 25 heavy (non-hydrogen) atoms. The molecule has 0 aliphatic rings. The fraction of sp³-hybridized carbons (Fsp3) is 0.429. The van der Waals surface area contributed by atoms with Crippen LogP contribution in [-0.2, 0) is 0 Å². The zero-order chi connectivity index (χ0) is 18.1. The van der Waals surface area contributed by atoms with Crippen LogP contribution >= 0.6 is 0 Å². The van der Waals surface area contributed by atoms with Crippen molar-refractivity contribution in [3.8, 4) is 11.5 Å². The fourth-order valence-corrected chi connectivity index (χ4v) is 2.67. The van der Waals surface area contributed by atoms with Crippen molar-refractivity contribution in [2.45, 2.75) is 46.0 Å². The summed E-state index contributed by atoms with van der Waals surface area (Å²) in [5, 5.41) is 0. The number of hydrogen-bond donors (Lipinski definition) is 2. The van der Waals surface area contributed by atoms with Crippen LogP contribution in [0.15, 0.2) is 36.4 Å². The van der Waals surface area contributed by atoms with Crippen LogP contribution in [-0.4, -0.2) is 13.2 Å². The van der Waals surface area contributed by atoms with Crippen LogP contribution in [0.4, 0.5) is 11.4 Å². The minimum atomic E-state index is 0.715. The molecule has 2 rings (SSSR count). The van der Waals surface area contributed by atoms with Gasteiger partial charge < -0.3 is 20.9 Å². The molecule has 0 radical (unpaired) electrons. The van der Waals surface area contributed by atoms with Crippen LogP contribution in [0, 0.1) is 13.8 Å². The number of nitrogens with two attached hydrogens (primary N) is 2. The Morgan fingerprint density at radius 3 is 2.00 bits per heavy atom. The lowest BCUT2D eigenvalue weighted by atomic mass is 10.1. The van der Waals surface area contributed by atoms with E-state index in [1.165, 1.54) is 6.42 Å². The van der Waals surface area contributed by atoms with Gasteiger partial charge in [0.05, 0.1) is 18.9 Å². The van der Waals surface area contributed by atoms with Crippen LogP contribution in [0.3, 0.4) is 0 Å². The molecule has 4 N–H and O–H groups in total. The molecule has 0 saturated heterocycles. The standard InChI is InChI=1S/C21H30N2O2/c1-16-10-8-13-20(21(16)23)25-15-7-5-3-4-6-14-24-19-12-9-11-18(22)17(19)2/h8-13H,3-7,14-15,22-23H2,1-2H3. The first-order valence-electron chi connectivity index (χ1n) is 9.05. The number of aryl methyl sites for hydroxylation is 1. The summed E-state index contributed by atoms with van der Waals surface area (Å²) >= 11 is 0. The number of rotatable bonds is 10. The smallest absolute Gasteiger partial charge is 0.142 e. The maximum Gasteiger partial charge on any atom is 0.142 e. The summed E-state index contributed by atoms with van der Waals surface area (Å²) in [6, 6.07) is 11.7. The molecular weight excluding hydrogens is 312 g/mol. The van der Waals surface area contributed by atoms with Gasteiger partial charge in [-0.25, -0.2) is 0 Å². The van der Waals surface area contributed by atoms with Gasteiger partial charge in [-0.05, 0) is 50.5 Å². The number of anilines is 2. The third-order valence-corrected chi connectivity index (χ3v) is 4.41. The Kier molecular flexibility index (Phi) is 7.45.